The lowest BCUT2D eigenvalue weighted by Gasteiger charge is -2.42. The lowest BCUT2D eigenvalue weighted by molar-refractivity contribution is -0.140. The van der Waals surface area contributed by atoms with Crippen LogP contribution in [0.25, 0.3) is 0 Å². The number of hydrogen-bond acceptors (Lipinski definition) is 4. The first-order chi connectivity index (χ1) is 12.9. The van der Waals surface area contributed by atoms with E-state index in [1.54, 1.807) is 0 Å². The number of anilines is 1. The van der Waals surface area contributed by atoms with Crippen LogP contribution in [0.3, 0.4) is 0 Å². The van der Waals surface area contributed by atoms with Crippen molar-refractivity contribution in [1.29, 1.82) is 0 Å². The third-order valence-electron chi connectivity index (χ3n) is 5.38. The molecule has 1 heterocycles. The molecule has 2 fully saturated rings. The van der Waals surface area contributed by atoms with Gasteiger partial charge in [0.05, 0.1) is 6.54 Å². The van der Waals surface area contributed by atoms with E-state index in [0.717, 1.165) is 0 Å². The minimum atomic E-state index is -0.859. The Morgan fingerprint density at radius 1 is 1.30 bits per heavy atom. The molecule has 2 amide bonds. The van der Waals surface area contributed by atoms with Crippen LogP contribution in [0.1, 0.15) is 26.2 Å². The molecule has 2 aliphatic rings. The molecule has 3 rings (SSSR count). The van der Waals surface area contributed by atoms with Crippen LogP contribution >= 0.6 is 0 Å². The minimum Gasteiger partial charge on any atom is -0.480 e. The van der Waals surface area contributed by atoms with Gasteiger partial charge in [0.25, 0.3) is 0 Å². The van der Waals surface area contributed by atoms with Gasteiger partial charge in [0.15, 0.2) is 0 Å². The molecule has 27 heavy (non-hydrogen) atoms. The molecule has 146 valence electrons. The van der Waals surface area contributed by atoms with Crippen molar-refractivity contribution in [2.24, 2.45) is 5.92 Å². The Morgan fingerprint density at radius 2 is 1.96 bits per heavy atom. The molecule has 1 atom stereocenters. The number of nitrogens with zero attached hydrogens (tertiary/aromatic N) is 2. The van der Waals surface area contributed by atoms with Gasteiger partial charge >= 0.3 is 5.97 Å². The normalized spacial score (nSPS) is 24.8. The van der Waals surface area contributed by atoms with E-state index in [4.69, 9.17) is 5.11 Å². The van der Waals surface area contributed by atoms with E-state index in [2.05, 4.69) is 5.32 Å². The fourth-order valence-corrected chi connectivity index (χ4v) is 3.78. The highest BCUT2D eigenvalue weighted by Gasteiger charge is 2.41. The summed E-state index contributed by atoms with van der Waals surface area (Å²) in [7, 11) is 0. The zero-order valence-corrected chi connectivity index (χ0v) is 15.2. The summed E-state index contributed by atoms with van der Waals surface area (Å²) >= 11 is 0. The summed E-state index contributed by atoms with van der Waals surface area (Å²) in [6.45, 7) is 2.98. The zero-order chi connectivity index (χ0) is 19.6. The molecular weight excluding hydrogens is 353 g/mol. The molecule has 0 spiro atoms. The number of amides is 2. The van der Waals surface area contributed by atoms with Crippen molar-refractivity contribution in [3.63, 3.8) is 0 Å². The number of aliphatic carboxylic acids is 1. The number of likely N-dealkylation sites (N-methyl/N-ethyl adjacent to an activating group) is 1. The van der Waals surface area contributed by atoms with Crippen LogP contribution in [0.2, 0.25) is 0 Å². The van der Waals surface area contributed by atoms with Gasteiger partial charge in [-0.1, -0.05) is 6.92 Å². The van der Waals surface area contributed by atoms with Gasteiger partial charge in [-0.15, -0.1) is 0 Å². The predicted octanol–water partition coefficient (Wildman–Crippen LogP) is 1.23. The Bertz CT molecular complexity index is 718. The molecule has 1 unspecified atom stereocenters. The van der Waals surface area contributed by atoms with Gasteiger partial charge < -0.3 is 15.3 Å². The first kappa shape index (κ1) is 19.3. The van der Waals surface area contributed by atoms with E-state index in [-0.39, 0.29) is 36.3 Å². The van der Waals surface area contributed by atoms with Crippen molar-refractivity contribution in [3.8, 4) is 0 Å². The van der Waals surface area contributed by atoms with Gasteiger partial charge in [-0.2, -0.15) is 0 Å². The minimum absolute atomic E-state index is 0.00439. The number of carboxylic acid groups (broad SMARTS) is 1. The van der Waals surface area contributed by atoms with E-state index in [0.29, 0.717) is 38.0 Å². The SMILES string of the molecule is CCN(CC(=O)O)C1CC(NC(=O)C2CCN(c3ccc(F)cc3)C2=O)C1. The van der Waals surface area contributed by atoms with E-state index in [1.807, 2.05) is 11.8 Å². The molecule has 1 saturated carbocycles. The number of benzene rings is 1. The maximum absolute atomic E-state index is 13.0. The molecule has 1 saturated heterocycles. The molecule has 0 radical (unpaired) electrons. The Balaban J connectivity index is 1.50. The van der Waals surface area contributed by atoms with Gasteiger partial charge in [0, 0.05) is 24.3 Å². The monoisotopic (exact) mass is 377 g/mol. The van der Waals surface area contributed by atoms with Crippen LogP contribution in [0.5, 0.6) is 0 Å². The number of rotatable bonds is 7. The van der Waals surface area contributed by atoms with Crippen molar-refractivity contribution in [2.75, 3.05) is 24.5 Å². The number of carbonyl (C=O) groups excluding carboxylic acids is 2. The highest BCUT2D eigenvalue weighted by molar-refractivity contribution is 6.09. The van der Waals surface area contributed by atoms with Crippen LogP contribution in [0, 0.1) is 11.7 Å². The zero-order valence-electron chi connectivity index (χ0n) is 15.2. The Morgan fingerprint density at radius 3 is 2.56 bits per heavy atom. The molecule has 0 bridgehead atoms. The molecule has 1 aromatic carbocycles. The average molecular weight is 377 g/mol. The smallest absolute Gasteiger partial charge is 0.317 e. The quantitative estimate of drug-likeness (QED) is 0.698. The largest absolute Gasteiger partial charge is 0.480 e. The number of nitrogens with one attached hydrogen (secondary N) is 1. The molecule has 1 aliphatic carbocycles. The highest BCUT2D eigenvalue weighted by atomic mass is 19.1. The second-order valence-corrected chi connectivity index (χ2v) is 7.10. The molecule has 1 aromatic rings. The van der Waals surface area contributed by atoms with Gasteiger partial charge in [0.1, 0.15) is 11.7 Å². The summed E-state index contributed by atoms with van der Waals surface area (Å²) in [5.74, 6) is -2.51. The van der Waals surface area contributed by atoms with Crippen molar-refractivity contribution >= 4 is 23.5 Å². The Kier molecular flexibility index (Phi) is 5.74. The van der Waals surface area contributed by atoms with Gasteiger partial charge in [-0.3, -0.25) is 19.3 Å². The summed E-state index contributed by atoms with van der Waals surface area (Å²) in [5.41, 5.74) is 0.590. The summed E-state index contributed by atoms with van der Waals surface area (Å²) < 4.78 is 13.0. The molecule has 0 aromatic heterocycles. The maximum atomic E-state index is 13.0. The number of carboxylic acids is 1. The summed E-state index contributed by atoms with van der Waals surface area (Å²) in [4.78, 5) is 39.3. The van der Waals surface area contributed by atoms with Crippen LogP contribution in [-0.2, 0) is 14.4 Å². The predicted molar refractivity (Wildman–Crippen MR) is 96.7 cm³/mol. The maximum Gasteiger partial charge on any atom is 0.317 e. The summed E-state index contributed by atoms with van der Waals surface area (Å²) in [5, 5.41) is 11.8. The molecule has 2 N–H and O–H groups in total. The number of halogens is 1. The fourth-order valence-electron chi connectivity index (χ4n) is 3.78. The number of hydrogen-bond donors (Lipinski definition) is 2. The van der Waals surface area contributed by atoms with E-state index in [9.17, 15) is 18.8 Å². The van der Waals surface area contributed by atoms with Crippen LogP contribution in [0.4, 0.5) is 10.1 Å². The first-order valence-electron chi connectivity index (χ1n) is 9.22. The first-order valence-corrected chi connectivity index (χ1v) is 9.22. The number of carbonyl (C=O) groups is 3. The fraction of sp³-hybridized carbons (Fsp3) is 0.526. The van der Waals surface area contributed by atoms with E-state index < -0.39 is 11.9 Å². The van der Waals surface area contributed by atoms with Crippen molar-refractivity contribution < 1.29 is 23.9 Å². The van der Waals surface area contributed by atoms with Crippen molar-refractivity contribution in [3.05, 3.63) is 30.1 Å². The van der Waals surface area contributed by atoms with Gasteiger partial charge in [-0.05, 0) is 50.1 Å². The summed E-state index contributed by atoms with van der Waals surface area (Å²) in [6.07, 6.45) is 1.81. The van der Waals surface area contributed by atoms with Crippen LogP contribution < -0.4 is 10.2 Å². The molecule has 7 nitrogen and oxygen atoms in total. The molecular formula is C19H24FN3O4. The molecule has 1 aliphatic heterocycles. The van der Waals surface area contributed by atoms with Crippen molar-refractivity contribution in [1.82, 2.24) is 10.2 Å². The second kappa shape index (κ2) is 8.04. The van der Waals surface area contributed by atoms with E-state index >= 15 is 0 Å². The average Bonchev–Trinajstić information content (AvgIpc) is 2.98. The third kappa shape index (κ3) is 4.27. The van der Waals surface area contributed by atoms with Crippen molar-refractivity contribution in [2.45, 2.75) is 38.3 Å². The van der Waals surface area contributed by atoms with E-state index in [1.165, 1.54) is 29.2 Å². The van der Waals surface area contributed by atoms with Crippen LogP contribution in [-0.4, -0.2) is 59.5 Å². The second-order valence-electron chi connectivity index (χ2n) is 7.10. The topological polar surface area (TPSA) is 90.0 Å². The lowest BCUT2D eigenvalue weighted by Crippen LogP contribution is -2.56. The summed E-state index contributed by atoms with van der Waals surface area (Å²) in [6, 6.07) is 5.77. The van der Waals surface area contributed by atoms with Crippen LogP contribution in [0.15, 0.2) is 24.3 Å². The lowest BCUT2D eigenvalue weighted by atomic mass is 9.85. The Labute approximate surface area is 157 Å². The molecule has 8 heteroatoms. The van der Waals surface area contributed by atoms with Gasteiger partial charge in [0.2, 0.25) is 11.8 Å². The Hall–Kier alpha value is -2.48. The standard InChI is InChI=1S/C19H24FN3O4/c1-2-22(11-17(24)25)15-9-13(10-15)21-18(26)16-7-8-23(19(16)27)14-5-3-12(20)4-6-14/h3-6,13,15-16H,2,7-11H2,1H3,(H,21,26)(H,24,25). The van der Waals surface area contributed by atoms with Gasteiger partial charge in [-0.25, -0.2) is 4.39 Å². The highest BCUT2D eigenvalue weighted by Crippen LogP contribution is 2.28. The third-order valence-corrected chi connectivity index (χ3v) is 5.38.